The van der Waals surface area contributed by atoms with Gasteiger partial charge in [0.15, 0.2) is 0 Å². The topological polar surface area (TPSA) is 55.6 Å². The standard InChI is InChI=1S/C17H26N2O2S.ClH/c18-8-3-11-21-13-6-9-19(10-7-13)17(20)15-12-22-16-5-2-1-4-14(15)16;/h12-13H,1-11,18H2;1H. The molecule has 2 N–H and O–H groups in total. The van der Waals surface area contributed by atoms with Crippen LogP contribution in [-0.2, 0) is 17.6 Å². The molecule has 0 aromatic carbocycles. The van der Waals surface area contributed by atoms with Crippen molar-refractivity contribution in [3.05, 3.63) is 21.4 Å². The number of hydrogen-bond donors (Lipinski definition) is 1. The third-order valence-electron chi connectivity index (χ3n) is 4.72. The molecule has 0 atom stereocenters. The summed E-state index contributed by atoms with van der Waals surface area (Å²) in [5.41, 5.74) is 7.79. The molecule has 1 amide bonds. The number of nitrogens with zero attached hydrogens (tertiary/aromatic N) is 1. The van der Waals surface area contributed by atoms with Crippen LogP contribution in [0, 0.1) is 0 Å². The van der Waals surface area contributed by atoms with Gasteiger partial charge in [0.05, 0.1) is 11.7 Å². The van der Waals surface area contributed by atoms with Gasteiger partial charge < -0.3 is 15.4 Å². The largest absolute Gasteiger partial charge is 0.378 e. The van der Waals surface area contributed by atoms with E-state index in [2.05, 4.69) is 5.38 Å². The lowest BCUT2D eigenvalue weighted by Crippen LogP contribution is -2.41. The summed E-state index contributed by atoms with van der Waals surface area (Å²) in [6.45, 7) is 3.06. The van der Waals surface area contributed by atoms with E-state index in [0.29, 0.717) is 12.6 Å². The molecule has 1 aromatic rings. The number of likely N-dealkylation sites (tertiary alicyclic amines) is 1. The van der Waals surface area contributed by atoms with E-state index in [1.807, 2.05) is 4.90 Å². The second-order valence-electron chi connectivity index (χ2n) is 6.26. The molecular weight excluding hydrogens is 332 g/mol. The average Bonchev–Trinajstić information content (AvgIpc) is 2.99. The molecule has 1 fully saturated rings. The fraction of sp³-hybridized carbons (Fsp3) is 0.706. The summed E-state index contributed by atoms with van der Waals surface area (Å²) in [6, 6.07) is 0. The molecule has 1 aliphatic heterocycles. The maximum Gasteiger partial charge on any atom is 0.254 e. The van der Waals surface area contributed by atoms with E-state index in [1.54, 1.807) is 11.3 Å². The summed E-state index contributed by atoms with van der Waals surface area (Å²) in [6.07, 6.45) is 7.84. The van der Waals surface area contributed by atoms with Crippen LogP contribution in [0.1, 0.15) is 52.9 Å². The number of nitrogens with two attached hydrogens (primary N) is 1. The van der Waals surface area contributed by atoms with Gasteiger partial charge in [0.25, 0.3) is 5.91 Å². The molecule has 0 unspecified atom stereocenters. The summed E-state index contributed by atoms with van der Waals surface area (Å²) in [7, 11) is 0. The zero-order valence-corrected chi connectivity index (χ0v) is 15.2. The number of ether oxygens (including phenoxy) is 1. The highest BCUT2D eigenvalue weighted by molar-refractivity contribution is 7.10. The van der Waals surface area contributed by atoms with Gasteiger partial charge in [0.2, 0.25) is 0 Å². The van der Waals surface area contributed by atoms with E-state index in [9.17, 15) is 4.79 Å². The summed E-state index contributed by atoms with van der Waals surface area (Å²) in [4.78, 5) is 16.2. The Morgan fingerprint density at radius 1 is 1.30 bits per heavy atom. The van der Waals surface area contributed by atoms with E-state index in [1.165, 1.54) is 23.3 Å². The van der Waals surface area contributed by atoms with Crippen LogP contribution < -0.4 is 5.73 Å². The van der Waals surface area contributed by atoms with E-state index >= 15 is 0 Å². The molecule has 2 heterocycles. The van der Waals surface area contributed by atoms with Crippen molar-refractivity contribution in [3.8, 4) is 0 Å². The molecular formula is C17H27ClN2O2S. The van der Waals surface area contributed by atoms with E-state index in [-0.39, 0.29) is 18.3 Å². The fourth-order valence-electron chi connectivity index (χ4n) is 3.40. The van der Waals surface area contributed by atoms with Gasteiger partial charge >= 0.3 is 0 Å². The third kappa shape index (κ3) is 4.47. The lowest BCUT2D eigenvalue weighted by atomic mass is 9.95. The summed E-state index contributed by atoms with van der Waals surface area (Å²) < 4.78 is 5.82. The van der Waals surface area contributed by atoms with Crippen molar-refractivity contribution in [2.45, 2.75) is 51.0 Å². The van der Waals surface area contributed by atoms with Gasteiger partial charge in [0, 0.05) is 30.0 Å². The third-order valence-corrected chi connectivity index (χ3v) is 5.81. The smallest absolute Gasteiger partial charge is 0.254 e. The van der Waals surface area contributed by atoms with E-state index in [4.69, 9.17) is 10.5 Å². The van der Waals surface area contributed by atoms with Gasteiger partial charge in [0.1, 0.15) is 0 Å². The van der Waals surface area contributed by atoms with Gasteiger partial charge in [-0.25, -0.2) is 0 Å². The molecule has 4 nitrogen and oxygen atoms in total. The molecule has 23 heavy (non-hydrogen) atoms. The Morgan fingerprint density at radius 3 is 2.78 bits per heavy atom. The molecule has 0 bridgehead atoms. The summed E-state index contributed by atoms with van der Waals surface area (Å²) in [5.74, 6) is 0.236. The Balaban J connectivity index is 0.00000192. The number of aryl methyl sites for hydroxylation is 1. The Morgan fingerprint density at radius 2 is 2.04 bits per heavy atom. The first-order valence-electron chi connectivity index (χ1n) is 8.49. The molecule has 1 aliphatic carbocycles. The zero-order chi connectivity index (χ0) is 15.4. The zero-order valence-electron chi connectivity index (χ0n) is 13.6. The number of thiophene rings is 1. The normalized spacial score (nSPS) is 18.4. The first kappa shape index (κ1) is 18.7. The maximum atomic E-state index is 12.8. The number of halogens is 1. The number of rotatable bonds is 5. The van der Waals surface area contributed by atoms with Crippen molar-refractivity contribution >= 4 is 29.7 Å². The molecule has 0 radical (unpaired) electrons. The van der Waals surface area contributed by atoms with Crippen molar-refractivity contribution in [2.75, 3.05) is 26.2 Å². The quantitative estimate of drug-likeness (QED) is 0.823. The first-order valence-corrected chi connectivity index (χ1v) is 9.37. The van der Waals surface area contributed by atoms with Crippen LogP contribution in [0.3, 0.4) is 0 Å². The molecule has 6 heteroatoms. The first-order chi connectivity index (χ1) is 10.8. The Kier molecular flexibility index (Phi) is 7.34. The number of amides is 1. The van der Waals surface area contributed by atoms with Crippen LogP contribution in [0.15, 0.2) is 5.38 Å². The van der Waals surface area contributed by atoms with Crippen molar-refractivity contribution in [3.63, 3.8) is 0 Å². The summed E-state index contributed by atoms with van der Waals surface area (Å²) >= 11 is 1.77. The number of carbonyl (C=O) groups is 1. The molecule has 0 spiro atoms. The monoisotopic (exact) mass is 358 g/mol. The predicted molar refractivity (Wildman–Crippen MR) is 96.8 cm³/mol. The van der Waals surface area contributed by atoms with Crippen molar-refractivity contribution < 1.29 is 9.53 Å². The molecule has 1 aromatic heterocycles. The highest BCUT2D eigenvalue weighted by Gasteiger charge is 2.27. The molecule has 0 saturated carbocycles. The van der Waals surface area contributed by atoms with Gasteiger partial charge in [-0.1, -0.05) is 0 Å². The van der Waals surface area contributed by atoms with Gasteiger partial charge in [-0.2, -0.15) is 0 Å². The number of fused-ring (bicyclic) bond motifs is 1. The Labute approximate surface area is 148 Å². The minimum absolute atomic E-state index is 0. The SMILES string of the molecule is Cl.NCCCOC1CCN(C(=O)c2csc3c2CCCC3)CC1. The summed E-state index contributed by atoms with van der Waals surface area (Å²) in [5, 5.41) is 2.09. The van der Waals surface area contributed by atoms with Crippen LogP contribution in [0.2, 0.25) is 0 Å². The van der Waals surface area contributed by atoms with Gasteiger partial charge in [-0.3, -0.25) is 4.79 Å². The average molecular weight is 359 g/mol. The van der Waals surface area contributed by atoms with Crippen LogP contribution in [0.4, 0.5) is 0 Å². The van der Waals surface area contributed by atoms with Gasteiger partial charge in [-0.15, -0.1) is 23.7 Å². The van der Waals surface area contributed by atoms with Crippen molar-refractivity contribution in [1.29, 1.82) is 0 Å². The van der Waals surface area contributed by atoms with E-state index < -0.39 is 0 Å². The lowest BCUT2D eigenvalue weighted by molar-refractivity contribution is 0.00843. The lowest BCUT2D eigenvalue weighted by Gasteiger charge is -2.32. The molecule has 2 aliphatic rings. The number of piperidine rings is 1. The fourth-order valence-corrected chi connectivity index (χ4v) is 4.52. The van der Waals surface area contributed by atoms with Crippen LogP contribution >= 0.6 is 23.7 Å². The highest BCUT2D eigenvalue weighted by Crippen LogP contribution is 2.31. The number of hydrogen-bond acceptors (Lipinski definition) is 4. The molecule has 3 rings (SSSR count). The van der Waals surface area contributed by atoms with Crippen LogP contribution in [0.5, 0.6) is 0 Å². The maximum absolute atomic E-state index is 12.8. The Hall–Kier alpha value is -0.620. The highest BCUT2D eigenvalue weighted by atomic mass is 35.5. The van der Waals surface area contributed by atoms with Crippen molar-refractivity contribution in [2.24, 2.45) is 5.73 Å². The second-order valence-corrected chi connectivity index (χ2v) is 7.23. The number of carbonyl (C=O) groups excluding carboxylic acids is 1. The minimum atomic E-state index is 0. The molecule has 130 valence electrons. The van der Waals surface area contributed by atoms with Crippen LogP contribution in [0.25, 0.3) is 0 Å². The van der Waals surface area contributed by atoms with Gasteiger partial charge in [-0.05, 0) is 57.1 Å². The Bertz CT molecular complexity index is 513. The second kappa shape index (κ2) is 9.02. The predicted octanol–water partition coefficient (Wildman–Crippen LogP) is 3.02. The van der Waals surface area contributed by atoms with Crippen molar-refractivity contribution in [1.82, 2.24) is 4.90 Å². The van der Waals surface area contributed by atoms with Crippen LogP contribution in [-0.4, -0.2) is 43.2 Å². The molecule has 1 saturated heterocycles. The van der Waals surface area contributed by atoms with E-state index in [0.717, 1.165) is 57.4 Å². The minimum Gasteiger partial charge on any atom is -0.378 e.